The first kappa shape index (κ1) is 25.4. The molecule has 0 aliphatic carbocycles. The van der Waals surface area contributed by atoms with Gasteiger partial charge in [0.15, 0.2) is 11.5 Å². The van der Waals surface area contributed by atoms with Crippen LogP contribution in [-0.2, 0) is 26.2 Å². The molecule has 1 aliphatic heterocycles. The summed E-state index contributed by atoms with van der Waals surface area (Å²) in [7, 11) is -3.81. The highest BCUT2D eigenvalue weighted by atomic mass is 32.2. The number of ether oxygens (including phenoxy) is 2. The van der Waals surface area contributed by atoms with Gasteiger partial charge in [0.05, 0.1) is 11.9 Å². The van der Waals surface area contributed by atoms with Crippen molar-refractivity contribution >= 4 is 27.5 Å². The zero-order valence-electron chi connectivity index (χ0n) is 19.7. The van der Waals surface area contributed by atoms with Gasteiger partial charge in [-0.05, 0) is 30.5 Å². The van der Waals surface area contributed by atoms with Gasteiger partial charge in [-0.2, -0.15) is 0 Å². The minimum Gasteiger partial charge on any atom is -0.454 e. The molecular formula is C24H31N3O6S. The van der Waals surface area contributed by atoms with E-state index >= 15 is 0 Å². The van der Waals surface area contributed by atoms with E-state index in [9.17, 15) is 18.0 Å². The Balaban J connectivity index is 1.92. The monoisotopic (exact) mass is 489 g/mol. The molecule has 0 unspecified atom stereocenters. The Morgan fingerprint density at radius 2 is 1.76 bits per heavy atom. The Labute approximate surface area is 200 Å². The second kappa shape index (κ2) is 11.2. The van der Waals surface area contributed by atoms with Crippen LogP contribution in [0.25, 0.3) is 0 Å². The molecule has 34 heavy (non-hydrogen) atoms. The van der Waals surface area contributed by atoms with Crippen molar-refractivity contribution in [2.24, 2.45) is 0 Å². The number of carbonyl (C=O) groups is 2. The lowest BCUT2D eigenvalue weighted by Crippen LogP contribution is -2.52. The quantitative estimate of drug-likeness (QED) is 0.520. The van der Waals surface area contributed by atoms with Gasteiger partial charge in [-0.3, -0.25) is 13.9 Å². The molecule has 0 saturated carbocycles. The number of nitrogens with zero attached hydrogens (tertiary/aromatic N) is 2. The molecule has 1 N–H and O–H groups in total. The van der Waals surface area contributed by atoms with Gasteiger partial charge in [0.1, 0.15) is 12.6 Å². The molecule has 0 spiro atoms. The number of carbonyl (C=O) groups excluding carboxylic acids is 2. The second-order valence-electron chi connectivity index (χ2n) is 8.03. The van der Waals surface area contributed by atoms with E-state index in [1.54, 1.807) is 12.1 Å². The second-order valence-corrected chi connectivity index (χ2v) is 9.94. The maximum Gasteiger partial charge on any atom is 0.244 e. The standard InChI is InChI=1S/C24H31N3O6S/c1-4-13-25-24(29)20(5-2)26(15-18-9-7-6-8-10-18)23(28)16-27(34(3,30)31)19-11-12-21-22(14-19)33-17-32-21/h6-12,14,20H,4-5,13,15-17H2,1-3H3,(H,25,29)/t20-/m1/s1. The minimum absolute atomic E-state index is 0.0481. The molecule has 0 fully saturated rings. The molecule has 9 nitrogen and oxygen atoms in total. The number of amides is 2. The van der Waals surface area contributed by atoms with E-state index in [0.29, 0.717) is 24.5 Å². The van der Waals surface area contributed by atoms with Crippen LogP contribution in [0.5, 0.6) is 11.5 Å². The lowest BCUT2D eigenvalue weighted by Gasteiger charge is -2.32. The van der Waals surface area contributed by atoms with Crippen LogP contribution in [-0.4, -0.2) is 57.3 Å². The number of rotatable bonds is 11. The van der Waals surface area contributed by atoms with Gasteiger partial charge in [0, 0.05) is 19.2 Å². The lowest BCUT2D eigenvalue weighted by molar-refractivity contribution is -0.140. The normalized spacial score (nSPS) is 13.3. The SMILES string of the molecule is CCCNC(=O)[C@@H](CC)N(Cc1ccccc1)C(=O)CN(c1ccc2c(c1)OCO2)S(C)(=O)=O. The zero-order chi connectivity index (χ0) is 24.7. The van der Waals surface area contributed by atoms with Crippen molar-refractivity contribution in [3.63, 3.8) is 0 Å². The third-order valence-corrected chi connectivity index (χ3v) is 6.59. The van der Waals surface area contributed by atoms with Gasteiger partial charge in [-0.25, -0.2) is 8.42 Å². The average Bonchev–Trinajstić information content (AvgIpc) is 3.28. The van der Waals surface area contributed by atoms with E-state index in [2.05, 4.69) is 5.32 Å². The van der Waals surface area contributed by atoms with E-state index in [0.717, 1.165) is 22.5 Å². The Kier molecular flexibility index (Phi) is 8.38. The highest BCUT2D eigenvalue weighted by molar-refractivity contribution is 7.92. The molecule has 2 aromatic carbocycles. The maximum atomic E-state index is 13.6. The largest absolute Gasteiger partial charge is 0.454 e. The van der Waals surface area contributed by atoms with Gasteiger partial charge < -0.3 is 19.7 Å². The van der Waals surface area contributed by atoms with Crippen LogP contribution >= 0.6 is 0 Å². The van der Waals surface area contributed by atoms with Gasteiger partial charge in [0.2, 0.25) is 28.6 Å². The summed E-state index contributed by atoms with van der Waals surface area (Å²) in [6, 6.07) is 13.3. The fourth-order valence-corrected chi connectivity index (χ4v) is 4.56. The lowest BCUT2D eigenvalue weighted by atomic mass is 10.1. The summed E-state index contributed by atoms with van der Waals surface area (Å²) >= 11 is 0. The van der Waals surface area contributed by atoms with E-state index in [4.69, 9.17) is 9.47 Å². The van der Waals surface area contributed by atoms with Crippen LogP contribution in [0, 0.1) is 0 Å². The summed E-state index contributed by atoms with van der Waals surface area (Å²) in [5.74, 6) is 0.172. The molecule has 3 rings (SSSR count). The van der Waals surface area contributed by atoms with Crippen LogP contribution < -0.4 is 19.1 Å². The van der Waals surface area contributed by atoms with Crippen molar-refractivity contribution in [1.29, 1.82) is 0 Å². The molecule has 1 heterocycles. The first-order valence-electron chi connectivity index (χ1n) is 11.2. The predicted molar refractivity (Wildman–Crippen MR) is 129 cm³/mol. The van der Waals surface area contributed by atoms with E-state index in [-0.39, 0.29) is 24.9 Å². The van der Waals surface area contributed by atoms with Gasteiger partial charge >= 0.3 is 0 Å². The summed E-state index contributed by atoms with van der Waals surface area (Å²) in [4.78, 5) is 27.9. The Hall–Kier alpha value is -3.27. The molecule has 1 aliphatic rings. The van der Waals surface area contributed by atoms with E-state index < -0.39 is 28.5 Å². The van der Waals surface area contributed by atoms with Crippen LogP contribution in [0.1, 0.15) is 32.3 Å². The van der Waals surface area contributed by atoms with Crippen LogP contribution in [0.2, 0.25) is 0 Å². The molecule has 0 aromatic heterocycles. The van der Waals surface area contributed by atoms with Gasteiger partial charge in [0.25, 0.3) is 0 Å². The topological polar surface area (TPSA) is 105 Å². The summed E-state index contributed by atoms with van der Waals surface area (Å²) < 4.78 is 37.0. The number of hydrogen-bond donors (Lipinski definition) is 1. The van der Waals surface area contributed by atoms with E-state index in [1.165, 1.54) is 11.0 Å². The molecule has 0 bridgehead atoms. The molecule has 2 amide bonds. The summed E-state index contributed by atoms with van der Waals surface area (Å²) in [6.45, 7) is 4.04. The smallest absolute Gasteiger partial charge is 0.244 e. The van der Waals surface area contributed by atoms with Crippen LogP contribution in [0.4, 0.5) is 5.69 Å². The van der Waals surface area contributed by atoms with Crippen LogP contribution in [0.3, 0.4) is 0 Å². The molecule has 1 atom stereocenters. The van der Waals surface area contributed by atoms with Crippen LogP contribution in [0.15, 0.2) is 48.5 Å². The number of hydrogen-bond acceptors (Lipinski definition) is 6. The number of benzene rings is 2. The molecule has 0 saturated heterocycles. The third-order valence-electron chi connectivity index (χ3n) is 5.45. The number of fused-ring (bicyclic) bond motifs is 1. The van der Waals surface area contributed by atoms with Gasteiger partial charge in [-0.1, -0.05) is 44.2 Å². The Morgan fingerprint density at radius 1 is 1.06 bits per heavy atom. The highest BCUT2D eigenvalue weighted by Gasteiger charge is 2.32. The minimum atomic E-state index is -3.81. The average molecular weight is 490 g/mol. The van der Waals surface area contributed by atoms with Crippen molar-refractivity contribution in [3.05, 3.63) is 54.1 Å². The fraction of sp³-hybridized carbons (Fsp3) is 0.417. The molecule has 2 aromatic rings. The van der Waals surface area contributed by atoms with Crippen molar-refractivity contribution in [3.8, 4) is 11.5 Å². The summed E-state index contributed by atoms with van der Waals surface area (Å²) in [6.07, 6.45) is 2.19. The Bertz CT molecular complexity index is 1110. The predicted octanol–water partition coefficient (Wildman–Crippen LogP) is 2.51. The van der Waals surface area contributed by atoms with Crippen molar-refractivity contribution < 1.29 is 27.5 Å². The molecule has 0 radical (unpaired) electrons. The van der Waals surface area contributed by atoms with Crippen molar-refractivity contribution in [1.82, 2.24) is 10.2 Å². The molecule has 184 valence electrons. The number of nitrogens with one attached hydrogen (secondary N) is 1. The van der Waals surface area contributed by atoms with Crippen molar-refractivity contribution in [2.75, 3.05) is 30.4 Å². The van der Waals surface area contributed by atoms with E-state index in [1.807, 2.05) is 44.2 Å². The third kappa shape index (κ3) is 6.19. The van der Waals surface area contributed by atoms with Gasteiger partial charge in [-0.15, -0.1) is 0 Å². The highest BCUT2D eigenvalue weighted by Crippen LogP contribution is 2.36. The first-order valence-corrected chi connectivity index (χ1v) is 13.1. The number of anilines is 1. The fourth-order valence-electron chi connectivity index (χ4n) is 3.72. The van der Waals surface area contributed by atoms with Crippen molar-refractivity contribution in [2.45, 2.75) is 39.3 Å². The maximum absolute atomic E-state index is 13.6. The zero-order valence-corrected chi connectivity index (χ0v) is 20.5. The summed E-state index contributed by atoms with van der Waals surface area (Å²) in [5, 5.41) is 2.85. The molecule has 10 heteroatoms. The number of sulfonamides is 1. The molecular weight excluding hydrogens is 458 g/mol. The Morgan fingerprint density at radius 3 is 2.41 bits per heavy atom. The first-order chi connectivity index (χ1) is 16.2. The summed E-state index contributed by atoms with van der Waals surface area (Å²) in [5.41, 5.74) is 1.12.